The van der Waals surface area contributed by atoms with E-state index in [9.17, 15) is 4.79 Å². The van der Waals surface area contributed by atoms with E-state index in [1.54, 1.807) is 14.2 Å². The summed E-state index contributed by atoms with van der Waals surface area (Å²) in [6.07, 6.45) is 2.54. The Labute approximate surface area is 122 Å². The van der Waals surface area contributed by atoms with Crippen LogP contribution in [-0.2, 0) is 18.4 Å². The van der Waals surface area contributed by atoms with Crippen LogP contribution < -0.4 is 5.19 Å². The predicted molar refractivity (Wildman–Crippen MR) is 79.8 cm³/mol. The van der Waals surface area contributed by atoms with Gasteiger partial charge in [0.2, 0.25) is 0 Å². The van der Waals surface area contributed by atoms with E-state index >= 15 is 0 Å². The molecule has 109 valence electrons. The third kappa shape index (κ3) is 4.30. The monoisotopic (exact) mass is 293 g/mol. The molecule has 5 heteroatoms. The molecule has 1 unspecified atom stereocenters. The molecule has 1 aromatic rings. The highest BCUT2D eigenvalue weighted by atomic mass is 28.3. The highest BCUT2D eigenvalue weighted by molar-refractivity contribution is 6.61. The second-order valence-corrected chi connectivity index (χ2v) is 6.13. The molecule has 0 aliphatic rings. The standard InChI is InChI=1S/C15H21O4Si/c1-5-9-13(19-15(16)6-2)12-10-7-8-11-14(12)20(17-3)18-4/h6-8,10-11,13H,2,5,9H2,1,3-4H3. The van der Waals surface area contributed by atoms with Crippen LogP contribution in [0.25, 0.3) is 0 Å². The first-order valence-corrected chi connectivity index (χ1v) is 7.86. The van der Waals surface area contributed by atoms with Crippen LogP contribution in [0.3, 0.4) is 0 Å². The topological polar surface area (TPSA) is 44.8 Å². The maximum Gasteiger partial charge on any atom is 0.423 e. The smallest absolute Gasteiger partial charge is 0.423 e. The molecule has 1 aromatic carbocycles. The minimum atomic E-state index is -1.55. The van der Waals surface area contributed by atoms with Gasteiger partial charge in [-0.05, 0) is 12.0 Å². The molecule has 20 heavy (non-hydrogen) atoms. The van der Waals surface area contributed by atoms with Crippen molar-refractivity contribution in [3.05, 3.63) is 42.5 Å². The van der Waals surface area contributed by atoms with Crippen LogP contribution in [0.5, 0.6) is 0 Å². The summed E-state index contributed by atoms with van der Waals surface area (Å²) in [5.74, 6) is -0.415. The molecule has 0 aliphatic heterocycles. The van der Waals surface area contributed by atoms with Gasteiger partial charge in [0.25, 0.3) is 0 Å². The van der Waals surface area contributed by atoms with Crippen molar-refractivity contribution in [3.8, 4) is 0 Å². The number of rotatable bonds is 8. The van der Waals surface area contributed by atoms with Crippen LogP contribution in [0, 0.1) is 0 Å². The average molecular weight is 293 g/mol. The zero-order valence-electron chi connectivity index (χ0n) is 12.2. The summed E-state index contributed by atoms with van der Waals surface area (Å²) < 4.78 is 16.3. The fraction of sp³-hybridized carbons (Fsp3) is 0.400. The minimum Gasteiger partial charge on any atom is -0.454 e. The number of hydrogen-bond acceptors (Lipinski definition) is 4. The van der Waals surface area contributed by atoms with Crippen LogP contribution in [0.15, 0.2) is 36.9 Å². The highest BCUT2D eigenvalue weighted by Crippen LogP contribution is 2.22. The molecule has 0 aromatic heterocycles. The van der Waals surface area contributed by atoms with Gasteiger partial charge in [0, 0.05) is 25.5 Å². The second kappa shape index (κ2) is 8.68. The van der Waals surface area contributed by atoms with Gasteiger partial charge in [-0.2, -0.15) is 0 Å². The van der Waals surface area contributed by atoms with Crippen LogP contribution in [-0.4, -0.2) is 29.5 Å². The molecule has 0 saturated carbocycles. The lowest BCUT2D eigenvalue weighted by Crippen LogP contribution is -2.38. The van der Waals surface area contributed by atoms with E-state index in [2.05, 4.69) is 13.5 Å². The molecule has 0 fully saturated rings. The van der Waals surface area contributed by atoms with E-state index in [0.717, 1.165) is 23.6 Å². The molecule has 0 bridgehead atoms. The lowest BCUT2D eigenvalue weighted by molar-refractivity contribution is -0.143. The van der Waals surface area contributed by atoms with Gasteiger partial charge in [0.1, 0.15) is 6.10 Å². The molecule has 0 amide bonds. The molecule has 0 aliphatic carbocycles. The summed E-state index contributed by atoms with van der Waals surface area (Å²) in [5.41, 5.74) is 0.946. The Morgan fingerprint density at radius 1 is 1.35 bits per heavy atom. The van der Waals surface area contributed by atoms with Gasteiger partial charge in [-0.15, -0.1) is 0 Å². The number of carbonyl (C=O) groups excluding carboxylic acids is 1. The Morgan fingerprint density at radius 3 is 2.55 bits per heavy atom. The van der Waals surface area contributed by atoms with Gasteiger partial charge in [-0.3, -0.25) is 0 Å². The van der Waals surface area contributed by atoms with Crippen molar-refractivity contribution in [1.82, 2.24) is 0 Å². The maximum atomic E-state index is 11.5. The molecule has 1 rings (SSSR count). The van der Waals surface area contributed by atoms with E-state index in [1.165, 1.54) is 6.08 Å². The van der Waals surface area contributed by atoms with Gasteiger partial charge in [-0.25, -0.2) is 4.79 Å². The van der Waals surface area contributed by atoms with Crippen LogP contribution in [0.1, 0.15) is 31.4 Å². The maximum absolute atomic E-state index is 11.5. The average Bonchev–Trinajstić information content (AvgIpc) is 2.48. The number of esters is 1. The summed E-state index contributed by atoms with van der Waals surface area (Å²) in [4.78, 5) is 11.5. The zero-order valence-corrected chi connectivity index (χ0v) is 13.2. The van der Waals surface area contributed by atoms with Gasteiger partial charge in [0.15, 0.2) is 0 Å². The number of benzene rings is 1. The van der Waals surface area contributed by atoms with Crippen LogP contribution in [0.4, 0.5) is 0 Å². The fourth-order valence-electron chi connectivity index (χ4n) is 2.00. The van der Waals surface area contributed by atoms with E-state index in [4.69, 9.17) is 13.6 Å². The van der Waals surface area contributed by atoms with Crippen molar-refractivity contribution in [2.45, 2.75) is 25.9 Å². The summed E-state index contributed by atoms with van der Waals surface area (Å²) in [7, 11) is 1.70. The second-order valence-electron chi connectivity index (χ2n) is 4.20. The van der Waals surface area contributed by atoms with E-state index in [0.29, 0.717) is 0 Å². The predicted octanol–water partition coefficient (Wildman–Crippen LogP) is 2.25. The van der Waals surface area contributed by atoms with Crippen molar-refractivity contribution >= 4 is 20.4 Å². The molecule has 4 nitrogen and oxygen atoms in total. The Bertz CT molecular complexity index is 443. The summed E-state index contributed by atoms with van der Waals surface area (Å²) in [6, 6.07) is 7.77. The molecular weight excluding hydrogens is 272 g/mol. The highest BCUT2D eigenvalue weighted by Gasteiger charge is 2.25. The van der Waals surface area contributed by atoms with Crippen LogP contribution in [0.2, 0.25) is 0 Å². The van der Waals surface area contributed by atoms with Gasteiger partial charge in [-0.1, -0.05) is 44.2 Å². The van der Waals surface area contributed by atoms with Crippen molar-refractivity contribution in [3.63, 3.8) is 0 Å². The number of carbonyl (C=O) groups is 1. The van der Waals surface area contributed by atoms with E-state index < -0.39 is 15.3 Å². The van der Waals surface area contributed by atoms with E-state index in [1.807, 2.05) is 24.3 Å². The first-order valence-electron chi connectivity index (χ1n) is 6.55. The minimum absolute atomic E-state index is 0.299. The largest absolute Gasteiger partial charge is 0.454 e. The third-order valence-electron chi connectivity index (χ3n) is 2.87. The lowest BCUT2D eigenvalue weighted by atomic mass is 10.1. The molecular formula is C15H21O4Si. The number of hydrogen-bond donors (Lipinski definition) is 0. The SMILES string of the molecule is C=CC(=O)OC(CCC)c1ccccc1[Si](OC)OC. The van der Waals surface area contributed by atoms with Crippen molar-refractivity contribution in [2.75, 3.05) is 14.2 Å². The fourth-order valence-corrected chi connectivity index (χ4v) is 3.31. The normalized spacial score (nSPS) is 12.2. The molecule has 0 heterocycles. The first-order chi connectivity index (χ1) is 9.67. The lowest BCUT2D eigenvalue weighted by Gasteiger charge is -2.21. The molecule has 0 saturated heterocycles. The molecule has 0 N–H and O–H groups in total. The summed E-state index contributed by atoms with van der Waals surface area (Å²) in [6.45, 7) is 5.49. The van der Waals surface area contributed by atoms with E-state index in [-0.39, 0.29) is 6.10 Å². The third-order valence-corrected chi connectivity index (χ3v) is 4.51. The van der Waals surface area contributed by atoms with Crippen molar-refractivity contribution in [2.24, 2.45) is 0 Å². The Kier molecular flexibility index (Phi) is 7.21. The van der Waals surface area contributed by atoms with Gasteiger partial charge < -0.3 is 13.6 Å². The zero-order chi connectivity index (χ0) is 15.0. The molecule has 1 atom stereocenters. The van der Waals surface area contributed by atoms with Crippen LogP contribution >= 0.6 is 0 Å². The first kappa shape index (κ1) is 16.6. The van der Waals surface area contributed by atoms with Gasteiger partial charge in [0.05, 0.1) is 0 Å². The Hall–Kier alpha value is -1.43. The Morgan fingerprint density at radius 2 is 2.00 bits per heavy atom. The number of ether oxygens (including phenoxy) is 1. The molecule has 1 radical (unpaired) electrons. The van der Waals surface area contributed by atoms with Crippen molar-refractivity contribution in [1.29, 1.82) is 0 Å². The summed E-state index contributed by atoms with van der Waals surface area (Å²) in [5, 5.41) is 0.970. The quantitative estimate of drug-likeness (QED) is 0.419. The molecule has 0 spiro atoms. The van der Waals surface area contributed by atoms with Gasteiger partial charge >= 0.3 is 15.3 Å². The Balaban J connectivity index is 3.11. The van der Waals surface area contributed by atoms with Crippen molar-refractivity contribution < 1.29 is 18.4 Å². The summed E-state index contributed by atoms with van der Waals surface area (Å²) >= 11 is 0.